The Labute approximate surface area is 119 Å². The first-order valence-electron chi connectivity index (χ1n) is 6.20. The molecule has 0 amide bonds. The fraction of sp³-hybridized carbons (Fsp3) is 0.500. The van der Waals surface area contributed by atoms with Crippen LogP contribution < -0.4 is 4.74 Å². The maximum absolute atomic E-state index is 14.0. The van der Waals surface area contributed by atoms with Crippen LogP contribution in [0.3, 0.4) is 0 Å². The Hall–Kier alpha value is -1.10. The van der Waals surface area contributed by atoms with Gasteiger partial charge in [0.05, 0.1) is 13.5 Å². The molecule has 1 aromatic rings. The monoisotopic (exact) mass is 330 g/mol. The van der Waals surface area contributed by atoms with Crippen molar-refractivity contribution in [3.05, 3.63) is 27.5 Å². The molecule has 3 nitrogen and oxygen atoms in total. The van der Waals surface area contributed by atoms with Gasteiger partial charge in [-0.15, -0.1) is 0 Å². The van der Waals surface area contributed by atoms with E-state index in [-0.39, 0.29) is 18.1 Å². The van der Waals surface area contributed by atoms with Crippen molar-refractivity contribution in [1.29, 1.82) is 0 Å². The van der Waals surface area contributed by atoms with Crippen LogP contribution in [0.5, 0.6) is 5.75 Å². The Morgan fingerprint density at radius 1 is 1.63 bits per heavy atom. The zero-order valence-electron chi connectivity index (χ0n) is 10.9. The Balaban J connectivity index is 2.53. The molecule has 1 fully saturated rings. The number of rotatable bonds is 5. The summed E-state index contributed by atoms with van der Waals surface area (Å²) in [5, 5.41) is 9.07. The zero-order chi connectivity index (χ0) is 14.2. The lowest BCUT2D eigenvalue weighted by atomic mass is 9.87. The van der Waals surface area contributed by atoms with E-state index in [2.05, 4.69) is 15.9 Å². The SMILES string of the molecule is COc1c(F)cc(Br)c(C)c1C(CC(=O)O)C1CC1. The molecular weight excluding hydrogens is 315 g/mol. The van der Waals surface area contributed by atoms with Crippen LogP contribution in [0.15, 0.2) is 10.5 Å². The predicted octanol–water partition coefficient (Wildman–Crippen LogP) is 3.87. The number of carboxylic acid groups (broad SMARTS) is 1. The molecule has 0 radical (unpaired) electrons. The van der Waals surface area contributed by atoms with Crippen molar-refractivity contribution < 1.29 is 19.0 Å². The van der Waals surface area contributed by atoms with Gasteiger partial charge in [-0.05, 0) is 37.3 Å². The van der Waals surface area contributed by atoms with Gasteiger partial charge in [0.15, 0.2) is 11.6 Å². The number of methoxy groups -OCH3 is 1. The lowest BCUT2D eigenvalue weighted by Gasteiger charge is -2.21. The second-order valence-corrected chi connectivity index (χ2v) is 5.81. The number of carbonyl (C=O) groups is 1. The van der Waals surface area contributed by atoms with Gasteiger partial charge in [0, 0.05) is 16.0 Å². The number of hydrogen-bond acceptors (Lipinski definition) is 2. The van der Waals surface area contributed by atoms with Crippen LogP contribution in [0.4, 0.5) is 4.39 Å². The molecule has 1 saturated carbocycles. The number of ether oxygens (including phenoxy) is 1. The van der Waals surface area contributed by atoms with E-state index in [1.165, 1.54) is 13.2 Å². The predicted molar refractivity (Wildman–Crippen MR) is 73.1 cm³/mol. The van der Waals surface area contributed by atoms with Crippen LogP contribution >= 0.6 is 15.9 Å². The molecule has 1 aliphatic carbocycles. The summed E-state index contributed by atoms with van der Waals surface area (Å²) in [5.41, 5.74) is 1.55. The Kier molecular flexibility index (Phi) is 4.13. The number of benzene rings is 1. The van der Waals surface area contributed by atoms with E-state index < -0.39 is 11.8 Å². The number of carboxylic acids is 1. The van der Waals surface area contributed by atoms with Gasteiger partial charge < -0.3 is 9.84 Å². The minimum atomic E-state index is -0.862. The number of hydrogen-bond donors (Lipinski definition) is 1. The molecule has 0 aliphatic heterocycles. The van der Waals surface area contributed by atoms with Gasteiger partial charge in [0.2, 0.25) is 0 Å². The van der Waals surface area contributed by atoms with Crippen molar-refractivity contribution in [2.45, 2.75) is 32.1 Å². The first-order chi connectivity index (χ1) is 8.95. The van der Waals surface area contributed by atoms with Gasteiger partial charge in [-0.1, -0.05) is 15.9 Å². The van der Waals surface area contributed by atoms with Gasteiger partial charge in [-0.3, -0.25) is 4.79 Å². The van der Waals surface area contributed by atoms with Crippen molar-refractivity contribution >= 4 is 21.9 Å². The van der Waals surface area contributed by atoms with Gasteiger partial charge in [-0.2, -0.15) is 0 Å². The fourth-order valence-electron chi connectivity index (χ4n) is 2.56. The van der Waals surface area contributed by atoms with E-state index in [1.807, 2.05) is 6.92 Å². The van der Waals surface area contributed by atoms with Crippen LogP contribution in [0.25, 0.3) is 0 Å². The molecule has 0 aromatic heterocycles. The lowest BCUT2D eigenvalue weighted by molar-refractivity contribution is -0.137. The van der Waals surface area contributed by atoms with E-state index in [4.69, 9.17) is 9.84 Å². The van der Waals surface area contributed by atoms with Gasteiger partial charge in [-0.25, -0.2) is 4.39 Å². The number of halogens is 2. The second-order valence-electron chi connectivity index (χ2n) is 4.95. The van der Waals surface area contributed by atoms with Crippen LogP contribution in [0, 0.1) is 18.7 Å². The van der Waals surface area contributed by atoms with Crippen LogP contribution in [-0.2, 0) is 4.79 Å². The van der Waals surface area contributed by atoms with Crippen molar-refractivity contribution in [3.8, 4) is 5.75 Å². The molecule has 19 heavy (non-hydrogen) atoms. The molecule has 1 aromatic carbocycles. The van der Waals surface area contributed by atoms with Crippen LogP contribution in [0.1, 0.15) is 36.3 Å². The summed E-state index contributed by atoms with van der Waals surface area (Å²) in [6.45, 7) is 1.86. The largest absolute Gasteiger partial charge is 0.493 e. The average Bonchev–Trinajstić information content (AvgIpc) is 3.14. The molecule has 104 valence electrons. The summed E-state index contributed by atoms with van der Waals surface area (Å²) in [6, 6.07) is 1.36. The molecule has 1 aliphatic rings. The highest BCUT2D eigenvalue weighted by atomic mass is 79.9. The van der Waals surface area contributed by atoms with E-state index >= 15 is 0 Å². The molecule has 0 bridgehead atoms. The summed E-state index contributed by atoms with van der Waals surface area (Å²) in [5.74, 6) is -1.000. The van der Waals surface area contributed by atoms with E-state index in [9.17, 15) is 9.18 Å². The molecule has 1 N–H and O–H groups in total. The van der Waals surface area contributed by atoms with Gasteiger partial charge in [0.1, 0.15) is 0 Å². The average molecular weight is 331 g/mol. The third-order valence-electron chi connectivity index (χ3n) is 3.64. The first kappa shape index (κ1) is 14.3. The van der Waals surface area contributed by atoms with E-state index in [0.29, 0.717) is 16.0 Å². The zero-order valence-corrected chi connectivity index (χ0v) is 12.5. The molecular formula is C14H16BrFO3. The highest BCUT2D eigenvalue weighted by molar-refractivity contribution is 9.10. The van der Waals surface area contributed by atoms with Crippen molar-refractivity contribution in [2.24, 2.45) is 5.92 Å². The molecule has 2 rings (SSSR count). The van der Waals surface area contributed by atoms with E-state index in [0.717, 1.165) is 18.4 Å². The summed E-state index contributed by atoms with van der Waals surface area (Å²) in [6.07, 6.45) is 2.00. The highest BCUT2D eigenvalue weighted by Gasteiger charge is 2.37. The number of aliphatic carboxylic acids is 1. The lowest BCUT2D eigenvalue weighted by Crippen LogP contribution is -2.12. The Bertz CT molecular complexity index is 512. The standard InChI is InChI=1S/C14H16BrFO3/c1-7-10(15)6-11(16)14(19-2)13(7)9(5-12(17)18)8-3-4-8/h6,8-9H,3-5H2,1-2H3,(H,17,18). The van der Waals surface area contributed by atoms with Crippen molar-refractivity contribution in [1.82, 2.24) is 0 Å². The third kappa shape index (κ3) is 2.91. The third-order valence-corrected chi connectivity index (χ3v) is 4.46. The normalized spacial score (nSPS) is 16.2. The minimum Gasteiger partial charge on any atom is -0.493 e. The van der Waals surface area contributed by atoms with Crippen molar-refractivity contribution in [3.63, 3.8) is 0 Å². The molecule has 0 spiro atoms. The second kappa shape index (κ2) is 5.49. The van der Waals surface area contributed by atoms with E-state index in [1.54, 1.807) is 0 Å². The molecule has 0 heterocycles. The molecule has 1 unspecified atom stereocenters. The molecule has 0 saturated heterocycles. The fourth-order valence-corrected chi connectivity index (χ4v) is 2.97. The summed E-state index contributed by atoms with van der Waals surface area (Å²) >= 11 is 3.32. The van der Waals surface area contributed by atoms with Crippen LogP contribution in [0.2, 0.25) is 0 Å². The maximum Gasteiger partial charge on any atom is 0.303 e. The topological polar surface area (TPSA) is 46.5 Å². The van der Waals surface area contributed by atoms with Crippen molar-refractivity contribution in [2.75, 3.05) is 7.11 Å². The van der Waals surface area contributed by atoms with Gasteiger partial charge >= 0.3 is 5.97 Å². The Morgan fingerprint density at radius 3 is 2.74 bits per heavy atom. The maximum atomic E-state index is 14.0. The summed E-state index contributed by atoms with van der Waals surface area (Å²) < 4.78 is 19.8. The molecule has 1 atom stereocenters. The van der Waals surface area contributed by atoms with Crippen LogP contribution in [-0.4, -0.2) is 18.2 Å². The summed E-state index contributed by atoms with van der Waals surface area (Å²) in [7, 11) is 1.42. The Morgan fingerprint density at radius 2 is 2.26 bits per heavy atom. The smallest absolute Gasteiger partial charge is 0.303 e. The van der Waals surface area contributed by atoms with Gasteiger partial charge in [0.25, 0.3) is 0 Å². The minimum absolute atomic E-state index is 0.0117. The molecule has 5 heteroatoms. The highest BCUT2D eigenvalue weighted by Crippen LogP contribution is 2.49. The summed E-state index contributed by atoms with van der Waals surface area (Å²) in [4.78, 5) is 11.0. The quantitative estimate of drug-likeness (QED) is 0.891. The first-order valence-corrected chi connectivity index (χ1v) is 6.99.